The van der Waals surface area contributed by atoms with Gasteiger partial charge in [0.05, 0.1) is 16.5 Å². The Hall–Kier alpha value is -1.28. The molecule has 1 aromatic carbocycles. The molecule has 116 valence electrons. The normalized spacial score (nSPS) is 15.8. The van der Waals surface area contributed by atoms with E-state index in [1.54, 1.807) is 0 Å². The summed E-state index contributed by atoms with van der Waals surface area (Å²) in [5, 5.41) is 2.63. The molecular formula is C12H12ClF3N2O2S. The molecule has 0 bridgehead atoms. The number of alkyl halides is 3. The van der Waals surface area contributed by atoms with E-state index in [-0.39, 0.29) is 0 Å². The van der Waals surface area contributed by atoms with Crippen LogP contribution in [0.2, 0.25) is 5.02 Å². The van der Waals surface area contributed by atoms with Crippen LogP contribution in [-0.2, 0) is 16.3 Å². The maximum atomic E-state index is 12.6. The molecule has 9 heteroatoms. The molecule has 1 heterocycles. The Morgan fingerprint density at radius 3 is 2.57 bits per heavy atom. The number of sulfone groups is 1. The third kappa shape index (κ3) is 3.01. The summed E-state index contributed by atoms with van der Waals surface area (Å²) in [6.45, 7) is 2.84. The average Bonchev–Trinajstić information content (AvgIpc) is 2.86. The molecule has 21 heavy (non-hydrogen) atoms. The zero-order valence-corrected chi connectivity index (χ0v) is 12.5. The number of benzene rings is 1. The number of nitrogens with zero attached hydrogens (tertiary/aromatic N) is 1. The van der Waals surface area contributed by atoms with Gasteiger partial charge in [0.2, 0.25) is 0 Å². The third-order valence-electron chi connectivity index (χ3n) is 3.16. The fraction of sp³-hybridized carbons (Fsp3) is 0.417. The molecule has 1 N–H and O–H groups in total. The highest BCUT2D eigenvalue weighted by Gasteiger charge is 2.48. The van der Waals surface area contributed by atoms with Gasteiger partial charge in [0.25, 0.3) is 9.84 Å². The minimum atomic E-state index is -5.45. The summed E-state index contributed by atoms with van der Waals surface area (Å²) in [6, 6.07) is 2.23. The topological polar surface area (TPSA) is 58.5 Å². The van der Waals surface area contributed by atoms with Crippen molar-refractivity contribution in [3.63, 3.8) is 0 Å². The lowest BCUT2D eigenvalue weighted by molar-refractivity contribution is -0.0436. The van der Waals surface area contributed by atoms with Crippen molar-refractivity contribution in [3.8, 4) is 0 Å². The molecule has 0 aliphatic carbocycles. The molecule has 2 rings (SSSR count). The van der Waals surface area contributed by atoms with Crippen molar-refractivity contribution >= 4 is 27.3 Å². The first-order valence-corrected chi connectivity index (χ1v) is 7.87. The van der Waals surface area contributed by atoms with Crippen molar-refractivity contribution in [2.24, 2.45) is 4.99 Å². The number of halogens is 4. The lowest BCUT2D eigenvalue weighted by Gasteiger charge is -2.14. The lowest BCUT2D eigenvalue weighted by Crippen LogP contribution is -2.24. The van der Waals surface area contributed by atoms with Gasteiger partial charge in [-0.3, -0.25) is 4.99 Å². The Labute approximate surface area is 124 Å². The van der Waals surface area contributed by atoms with Crippen LogP contribution >= 0.6 is 11.6 Å². The Balaban J connectivity index is 2.43. The standard InChI is InChI=1S/C12H12ClF3N2O2S/c1-7-8(6-10-17-4-5-18-10)2-3-9(11(7)13)21(19,20)12(14,15)16/h2-3H,4-6H2,1H3,(H,17,18). The van der Waals surface area contributed by atoms with Crippen molar-refractivity contribution < 1.29 is 21.6 Å². The summed E-state index contributed by atoms with van der Waals surface area (Å²) in [5.74, 6) is 0.709. The Kier molecular flexibility index (Phi) is 4.21. The van der Waals surface area contributed by atoms with Gasteiger partial charge in [0.15, 0.2) is 0 Å². The SMILES string of the molecule is Cc1c(CC2=NCCN2)ccc(S(=O)(=O)C(F)(F)F)c1Cl. The molecule has 0 amide bonds. The number of aliphatic imine (C=N–C) groups is 1. The maximum absolute atomic E-state index is 12.6. The van der Waals surface area contributed by atoms with Crippen LogP contribution in [0.5, 0.6) is 0 Å². The highest BCUT2D eigenvalue weighted by Crippen LogP contribution is 2.36. The van der Waals surface area contributed by atoms with Crippen molar-refractivity contribution in [1.82, 2.24) is 5.32 Å². The van der Waals surface area contributed by atoms with Crippen LogP contribution in [0.3, 0.4) is 0 Å². The summed E-state index contributed by atoms with van der Waals surface area (Å²) in [4.78, 5) is 3.26. The molecule has 0 radical (unpaired) electrons. The second kappa shape index (κ2) is 5.49. The van der Waals surface area contributed by atoms with Crippen LogP contribution in [0.15, 0.2) is 22.0 Å². The highest BCUT2D eigenvalue weighted by molar-refractivity contribution is 7.92. The minimum Gasteiger partial charge on any atom is -0.372 e. The number of rotatable bonds is 3. The largest absolute Gasteiger partial charge is 0.501 e. The molecule has 0 aromatic heterocycles. The molecule has 0 atom stereocenters. The van der Waals surface area contributed by atoms with Crippen LogP contribution in [0.1, 0.15) is 11.1 Å². The summed E-state index contributed by atoms with van der Waals surface area (Å²) in [7, 11) is -5.45. The second-order valence-corrected chi connectivity index (χ2v) is 6.83. The molecule has 0 unspecified atom stereocenters. The summed E-state index contributed by atoms with van der Waals surface area (Å²) < 4.78 is 60.6. The predicted octanol–water partition coefficient (Wildman–Crippen LogP) is 2.49. The van der Waals surface area contributed by atoms with Gasteiger partial charge in [-0.25, -0.2) is 8.42 Å². The van der Waals surface area contributed by atoms with Gasteiger partial charge in [-0.1, -0.05) is 17.7 Å². The Morgan fingerprint density at radius 1 is 1.38 bits per heavy atom. The summed E-state index contributed by atoms with van der Waals surface area (Å²) in [6.07, 6.45) is 0.373. The van der Waals surface area contributed by atoms with E-state index in [0.29, 0.717) is 36.5 Å². The van der Waals surface area contributed by atoms with Crippen molar-refractivity contribution in [1.29, 1.82) is 0 Å². The second-order valence-electron chi connectivity index (χ2n) is 4.54. The smallest absolute Gasteiger partial charge is 0.372 e. The maximum Gasteiger partial charge on any atom is 0.501 e. The average molecular weight is 341 g/mol. The summed E-state index contributed by atoms with van der Waals surface area (Å²) >= 11 is 5.83. The summed E-state index contributed by atoms with van der Waals surface area (Å²) in [5.41, 5.74) is -4.44. The van der Waals surface area contributed by atoms with Gasteiger partial charge in [-0.2, -0.15) is 13.2 Å². The molecule has 0 saturated heterocycles. The molecule has 1 aliphatic heterocycles. The number of hydrogen-bond donors (Lipinski definition) is 1. The van der Waals surface area contributed by atoms with E-state index in [1.807, 2.05) is 0 Å². The van der Waals surface area contributed by atoms with Crippen molar-refractivity contribution in [2.75, 3.05) is 13.1 Å². The van der Waals surface area contributed by atoms with Gasteiger partial charge >= 0.3 is 5.51 Å². The van der Waals surface area contributed by atoms with Crippen LogP contribution in [-0.4, -0.2) is 32.9 Å². The number of hydrogen-bond acceptors (Lipinski definition) is 4. The monoisotopic (exact) mass is 340 g/mol. The van der Waals surface area contributed by atoms with E-state index in [9.17, 15) is 21.6 Å². The van der Waals surface area contributed by atoms with Gasteiger partial charge in [-0.05, 0) is 24.1 Å². The van der Waals surface area contributed by atoms with E-state index < -0.39 is 25.3 Å². The molecule has 1 aromatic rings. The van der Waals surface area contributed by atoms with Crippen LogP contribution in [0, 0.1) is 6.92 Å². The molecule has 1 aliphatic rings. The fourth-order valence-electron chi connectivity index (χ4n) is 1.97. The number of nitrogens with one attached hydrogen (secondary N) is 1. The Morgan fingerprint density at radius 2 is 2.05 bits per heavy atom. The van der Waals surface area contributed by atoms with E-state index in [1.165, 1.54) is 13.0 Å². The fourth-order valence-corrected chi connectivity index (χ4v) is 3.34. The molecular weight excluding hydrogens is 329 g/mol. The van der Waals surface area contributed by atoms with Crippen molar-refractivity contribution in [2.45, 2.75) is 23.7 Å². The van der Waals surface area contributed by atoms with E-state index >= 15 is 0 Å². The predicted molar refractivity (Wildman–Crippen MR) is 73.4 cm³/mol. The van der Waals surface area contributed by atoms with E-state index in [0.717, 1.165) is 6.07 Å². The first-order chi connectivity index (χ1) is 9.64. The minimum absolute atomic E-state index is 0.304. The third-order valence-corrected chi connectivity index (χ3v) is 5.29. The zero-order valence-electron chi connectivity index (χ0n) is 11.0. The lowest BCUT2D eigenvalue weighted by atomic mass is 10.1. The highest BCUT2D eigenvalue weighted by atomic mass is 35.5. The molecule has 4 nitrogen and oxygen atoms in total. The van der Waals surface area contributed by atoms with Crippen LogP contribution < -0.4 is 5.32 Å². The van der Waals surface area contributed by atoms with E-state index in [4.69, 9.17) is 11.6 Å². The van der Waals surface area contributed by atoms with Gasteiger partial charge in [0, 0.05) is 13.0 Å². The van der Waals surface area contributed by atoms with Gasteiger partial charge in [-0.15, -0.1) is 0 Å². The van der Waals surface area contributed by atoms with Crippen LogP contribution in [0.25, 0.3) is 0 Å². The molecule has 0 fully saturated rings. The van der Waals surface area contributed by atoms with Crippen LogP contribution in [0.4, 0.5) is 13.2 Å². The van der Waals surface area contributed by atoms with Gasteiger partial charge in [0.1, 0.15) is 5.84 Å². The first kappa shape index (κ1) is 16.1. The molecule has 0 saturated carbocycles. The van der Waals surface area contributed by atoms with E-state index in [2.05, 4.69) is 10.3 Å². The quantitative estimate of drug-likeness (QED) is 0.919. The number of amidine groups is 1. The zero-order chi connectivity index (χ0) is 15.8. The molecule has 0 spiro atoms. The Bertz CT molecular complexity index is 699. The van der Waals surface area contributed by atoms with Crippen molar-refractivity contribution in [3.05, 3.63) is 28.3 Å². The first-order valence-electron chi connectivity index (χ1n) is 6.01. The van der Waals surface area contributed by atoms with Gasteiger partial charge < -0.3 is 5.32 Å².